The third-order valence-corrected chi connectivity index (χ3v) is 5.31. The van der Waals surface area contributed by atoms with Gasteiger partial charge in [-0.2, -0.15) is 0 Å². The van der Waals surface area contributed by atoms with Crippen LogP contribution in [-0.4, -0.2) is 14.5 Å². The van der Waals surface area contributed by atoms with Crippen LogP contribution < -0.4 is 5.43 Å². The van der Waals surface area contributed by atoms with Crippen molar-refractivity contribution in [3.05, 3.63) is 64.8 Å². The normalized spacial score (nSPS) is 17.0. The van der Waals surface area contributed by atoms with Crippen molar-refractivity contribution in [2.45, 2.75) is 11.6 Å². The zero-order chi connectivity index (χ0) is 14.4. The molecule has 1 atom stereocenters. The number of hydrogen-bond acceptors (Lipinski definition) is 2. The number of pyridine rings is 1. The van der Waals surface area contributed by atoms with Crippen LogP contribution in [0.3, 0.4) is 0 Å². The molecule has 104 valence electrons. The quantitative estimate of drug-likeness (QED) is 0.692. The maximum absolute atomic E-state index is 12.9. The monoisotopic (exact) mass is 295 g/mol. The summed E-state index contributed by atoms with van der Waals surface area (Å²) < 4.78 is 14.4. The second-order valence-corrected chi connectivity index (χ2v) is 6.58. The average Bonchev–Trinajstić information content (AvgIpc) is 2.91. The number of nitrogens with zero attached hydrogens (tertiary/aromatic N) is 1. The highest BCUT2D eigenvalue weighted by atomic mass is 32.2. The van der Waals surface area contributed by atoms with Gasteiger partial charge in [-0.25, -0.2) is 0 Å². The van der Waals surface area contributed by atoms with Crippen molar-refractivity contribution >= 4 is 21.7 Å². The Morgan fingerprint density at radius 3 is 2.48 bits per heavy atom. The fraction of sp³-hybridized carbons (Fsp3) is 0.118. The van der Waals surface area contributed by atoms with E-state index in [2.05, 4.69) is 0 Å². The number of aromatic nitrogens is 1. The number of fused-ring (bicyclic) bond motifs is 3. The lowest BCUT2D eigenvalue weighted by Gasteiger charge is -2.13. The Kier molecular flexibility index (Phi) is 2.79. The molecule has 1 aliphatic rings. The van der Waals surface area contributed by atoms with E-state index in [0.717, 1.165) is 11.1 Å². The molecule has 21 heavy (non-hydrogen) atoms. The van der Waals surface area contributed by atoms with Gasteiger partial charge in [0.2, 0.25) is 0 Å². The van der Waals surface area contributed by atoms with E-state index in [1.807, 2.05) is 59.2 Å². The Hall–Kier alpha value is -2.20. The number of para-hydroxylation sites is 1. The van der Waals surface area contributed by atoms with E-state index < -0.39 is 10.8 Å². The van der Waals surface area contributed by atoms with E-state index >= 15 is 0 Å². The molecule has 0 saturated heterocycles. The van der Waals surface area contributed by atoms with Gasteiger partial charge in [-0.3, -0.25) is 9.00 Å². The van der Waals surface area contributed by atoms with Gasteiger partial charge in [-0.15, -0.1) is 0 Å². The molecule has 1 aromatic heterocycles. The number of rotatable bonds is 1. The zero-order valence-electron chi connectivity index (χ0n) is 11.3. The van der Waals surface area contributed by atoms with Crippen LogP contribution in [0.25, 0.3) is 22.0 Å². The number of hydrogen-bond donors (Lipinski definition) is 0. The summed E-state index contributed by atoms with van der Waals surface area (Å²) in [4.78, 5) is 12.9. The van der Waals surface area contributed by atoms with E-state index in [0.29, 0.717) is 28.3 Å². The van der Waals surface area contributed by atoms with Crippen molar-refractivity contribution in [3.63, 3.8) is 0 Å². The maximum Gasteiger partial charge on any atom is 0.198 e. The summed E-state index contributed by atoms with van der Waals surface area (Å²) >= 11 is 0. The molecule has 0 saturated carbocycles. The first-order valence-electron chi connectivity index (χ1n) is 6.87. The molecule has 1 aliphatic heterocycles. The minimum Gasteiger partial charge on any atom is -0.332 e. The third-order valence-electron chi connectivity index (χ3n) is 3.90. The molecular formula is C17H13NO2S. The van der Waals surface area contributed by atoms with Crippen LogP contribution in [0.1, 0.15) is 0 Å². The molecule has 2 heterocycles. The molecule has 0 fully saturated rings. The fourth-order valence-electron chi connectivity index (χ4n) is 2.97. The van der Waals surface area contributed by atoms with E-state index in [-0.39, 0.29) is 5.43 Å². The molecule has 0 bridgehead atoms. The van der Waals surface area contributed by atoms with Crippen LogP contribution >= 0.6 is 0 Å². The third kappa shape index (κ3) is 1.79. The first-order chi connectivity index (χ1) is 10.3. The van der Waals surface area contributed by atoms with E-state index in [4.69, 9.17) is 0 Å². The van der Waals surface area contributed by atoms with Gasteiger partial charge in [-0.05, 0) is 17.7 Å². The molecule has 2 aromatic carbocycles. The van der Waals surface area contributed by atoms with E-state index in [1.165, 1.54) is 0 Å². The minimum atomic E-state index is -1.11. The number of benzene rings is 2. The lowest BCUT2D eigenvalue weighted by atomic mass is 10.0. The van der Waals surface area contributed by atoms with Crippen LogP contribution in [0.5, 0.6) is 0 Å². The molecule has 4 heteroatoms. The Morgan fingerprint density at radius 2 is 1.67 bits per heavy atom. The van der Waals surface area contributed by atoms with Crippen molar-refractivity contribution in [2.24, 2.45) is 0 Å². The molecule has 0 N–H and O–H groups in total. The molecule has 0 radical (unpaired) electrons. The van der Waals surface area contributed by atoms with E-state index in [9.17, 15) is 9.00 Å². The largest absolute Gasteiger partial charge is 0.332 e. The van der Waals surface area contributed by atoms with Crippen LogP contribution in [-0.2, 0) is 17.3 Å². The zero-order valence-corrected chi connectivity index (χ0v) is 12.1. The van der Waals surface area contributed by atoms with Gasteiger partial charge >= 0.3 is 0 Å². The first-order valence-corrected chi connectivity index (χ1v) is 8.18. The van der Waals surface area contributed by atoms with Crippen LogP contribution in [0.15, 0.2) is 64.4 Å². The fourth-order valence-corrected chi connectivity index (χ4v) is 4.38. The SMILES string of the molecule is O=c1c(-c2ccccc2)c2n(c3ccccc13)CCS2=O. The van der Waals surface area contributed by atoms with Crippen molar-refractivity contribution in [3.8, 4) is 11.1 Å². The Morgan fingerprint density at radius 1 is 0.952 bits per heavy atom. The summed E-state index contributed by atoms with van der Waals surface area (Å²) in [7, 11) is -1.11. The topological polar surface area (TPSA) is 39.1 Å². The van der Waals surface area contributed by atoms with Crippen molar-refractivity contribution in [2.75, 3.05) is 5.75 Å². The highest BCUT2D eigenvalue weighted by molar-refractivity contribution is 7.85. The summed E-state index contributed by atoms with van der Waals surface area (Å²) in [5.41, 5.74) is 2.28. The predicted molar refractivity (Wildman–Crippen MR) is 84.9 cm³/mol. The van der Waals surface area contributed by atoms with Crippen molar-refractivity contribution in [1.82, 2.24) is 4.57 Å². The van der Waals surface area contributed by atoms with Gasteiger partial charge in [-0.1, -0.05) is 42.5 Å². The predicted octanol–water partition coefficient (Wildman–Crippen LogP) is 2.79. The smallest absolute Gasteiger partial charge is 0.198 e. The molecule has 3 nitrogen and oxygen atoms in total. The molecule has 1 unspecified atom stereocenters. The Labute approximate surface area is 124 Å². The summed E-state index contributed by atoms with van der Waals surface area (Å²) in [6, 6.07) is 17.1. The maximum atomic E-state index is 12.9. The van der Waals surface area contributed by atoms with Crippen LogP contribution in [0.4, 0.5) is 0 Å². The molecule has 4 rings (SSSR count). The van der Waals surface area contributed by atoms with Gasteiger partial charge in [0.15, 0.2) is 5.43 Å². The van der Waals surface area contributed by atoms with Crippen molar-refractivity contribution < 1.29 is 4.21 Å². The second kappa shape index (κ2) is 4.67. The van der Waals surface area contributed by atoms with E-state index in [1.54, 1.807) is 0 Å². The highest BCUT2D eigenvalue weighted by Gasteiger charge is 2.26. The lowest BCUT2D eigenvalue weighted by molar-refractivity contribution is 0.684. The second-order valence-electron chi connectivity index (χ2n) is 5.09. The summed E-state index contributed by atoms with van der Waals surface area (Å²) in [5, 5.41) is 1.36. The Bertz CT molecular complexity index is 929. The summed E-state index contributed by atoms with van der Waals surface area (Å²) in [6.07, 6.45) is 0. The molecular weight excluding hydrogens is 282 g/mol. The minimum absolute atomic E-state index is 0.0294. The van der Waals surface area contributed by atoms with Gasteiger partial charge in [0.25, 0.3) is 0 Å². The van der Waals surface area contributed by atoms with Gasteiger partial charge < -0.3 is 4.57 Å². The molecule has 0 aliphatic carbocycles. The van der Waals surface area contributed by atoms with Gasteiger partial charge in [0.1, 0.15) is 5.03 Å². The average molecular weight is 295 g/mol. The lowest BCUT2D eigenvalue weighted by Crippen LogP contribution is -2.14. The van der Waals surface area contributed by atoms with Crippen LogP contribution in [0, 0.1) is 0 Å². The molecule has 0 spiro atoms. The van der Waals surface area contributed by atoms with Crippen LogP contribution in [0.2, 0.25) is 0 Å². The molecule has 0 amide bonds. The van der Waals surface area contributed by atoms with Gasteiger partial charge in [0.05, 0.1) is 21.9 Å². The highest BCUT2D eigenvalue weighted by Crippen LogP contribution is 2.30. The molecule has 3 aromatic rings. The Balaban J connectivity index is 2.22. The standard InChI is InChI=1S/C17H13NO2S/c19-16-13-8-4-5-9-14(13)18-10-11-21(20)17(18)15(16)12-6-2-1-3-7-12/h1-9H,10-11H2. The number of aryl methyl sites for hydroxylation is 1. The van der Waals surface area contributed by atoms with Crippen molar-refractivity contribution in [1.29, 1.82) is 0 Å². The summed E-state index contributed by atoms with van der Waals surface area (Å²) in [5.74, 6) is 0.577. The van der Waals surface area contributed by atoms with Gasteiger partial charge in [0, 0.05) is 17.7 Å². The summed E-state index contributed by atoms with van der Waals surface area (Å²) in [6.45, 7) is 0.697. The first kappa shape index (κ1) is 12.5.